The average molecular weight is 350 g/mol. The van der Waals surface area contributed by atoms with E-state index in [4.69, 9.17) is 11.1 Å². The van der Waals surface area contributed by atoms with Gasteiger partial charge in [-0.25, -0.2) is 9.97 Å². The van der Waals surface area contributed by atoms with Crippen LogP contribution in [0.15, 0.2) is 48.9 Å². The van der Waals surface area contributed by atoms with E-state index in [-0.39, 0.29) is 11.8 Å². The van der Waals surface area contributed by atoms with Gasteiger partial charge in [-0.05, 0) is 49.7 Å². The summed E-state index contributed by atoms with van der Waals surface area (Å²) in [4.78, 5) is 12.2. The number of nitrogen functional groups attached to an aromatic ring is 1. The second kappa shape index (κ2) is 7.26. The van der Waals surface area contributed by atoms with Gasteiger partial charge < -0.3 is 11.1 Å². The molecule has 0 saturated heterocycles. The number of nitrogens with one attached hydrogen (secondary N) is 2. The van der Waals surface area contributed by atoms with Crippen LogP contribution in [0.3, 0.4) is 0 Å². The lowest BCUT2D eigenvalue weighted by Crippen LogP contribution is -2.17. The molecule has 0 aromatic carbocycles. The standard InChI is InChI=1S/C19H19FN6/c1-11(2)26-19-16(14(21)6-9-25-19)17(22)15-10-12(5-8-23-15)13-4-3-7-24-18(13)20/h3-11,22H,1-2H3,(H3,21,25,26). The van der Waals surface area contributed by atoms with Crippen LogP contribution in [0.4, 0.5) is 15.9 Å². The van der Waals surface area contributed by atoms with E-state index in [0.29, 0.717) is 33.9 Å². The Kier molecular flexibility index (Phi) is 4.88. The average Bonchev–Trinajstić information content (AvgIpc) is 2.61. The third-order valence-electron chi connectivity index (χ3n) is 3.74. The fraction of sp³-hybridized carbons (Fsp3) is 0.158. The first-order valence-corrected chi connectivity index (χ1v) is 8.14. The lowest BCUT2D eigenvalue weighted by molar-refractivity contribution is 0.587. The molecule has 0 saturated carbocycles. The second-order valence-corrected chi connectivity index (χ2v) is 6.07. The zero-order valence-electron chi connectivity index (χ0n) is 14.5. The van der Waals surface area contributed by atoms with Crippen LogP contribution in [0.1, 0.15) is 25.1 Å². The Bertz CT molecular complexity index is 954. The topological polar surface area (TPSA) is 101 Å². The van der Waals surface area contributed by atoms with Gasteiger partial charge in [-0.3, -0.25) is 10.4 Å². The fourth-order valence-corrected chi connectivity index (χ4v) is 2.59. The molecule has 0 aliphatic carbocycles. The molecule has 0 atom stereocenters. The molecule has 0 bridgehead atoms. The van der Waals surface area contributed by atoms with Gasteiger partial charge in [-0.2, -0.15) is 4.39 Å². The smallest absolute Gasteiger partial charge is 0.220 e. The Hall–Kier alpha value is -3.35. The lowest BCUT2D eigenvalue weighted by atomic mass is 10.0. The number of hydrogen-bond donors (Lipinski definition) is 3. The number of nitrogens with zero attached hydrogens (tertiary/aromatic N) is 3. The molecule has 6 nitrogen and oxygen atoms in total. The van der Waals surface area contributed by atoms with Crippen molar-refractivity contribution in [3.05, 3.63) is 66.1 Å². The summed E-state index contributed by atoms with van der Waals surface area (Å²) in [5, 5.41) is 11.8. The van der Waals surface area contributed by atoms with Crippen molar-refractivity contribution in [2.75, 3.05) is 11.1 Å². The van der Waals surface area contributed by atoms with Crippen molar-refractivity contribution in [1.29, 1.82) is 5.41 Å². The Morgan fingerprint density at radius 2 is 1.88 bits per heavy atom. The quantitative estimate of drug-likeness (QED) is 0.483. The van der Waals surface area contributed by atoms with Crippen LogP contribution in [0.5, 0.6) is 0 Å². The highest BCUT2D eigenvalue weighted by atomic mass is 19.1. The van der Waals surface area contributed by atoms with Gasteiger partial charge in [-0.1, -0.05) is 0 Å². The van der Waals surface area contributed by atoms with Gasteiger partial charge in [0.05, 0.1) is 17.0 Å². The minimum absolute atomic E-state index is 0.116. The molecule has 3 heterocycles. The zero-order chi connectivity index (χ0) is 18.7. The van der Waals surface area contributed by atoms with Crippen molar-refractivity contribution in [2.45, 2.75) is 19.9 Å². The number of nitrogens with two attached hydrogens (primary N) is 1. The highest BCUT2D eigenvalue weighted by Gasteiger charge is 2.17. The first kappa shape index (κ1) is 17.5. The van der Waals surface area contributed by atoms with E-state index in [2.05, 4.69) is 20.3 Å². The molecule has 3 aromatic rings. The van der Waals surface area contributed by atoms with E-state index >= 15 is 0 Å². The van der Waals surface area contributed by atoms with E-state index in [1.165, 1.54) is 12.4 Å². The molecule has 0 radical (unpaired) electrons. The summed E-state index contributed by atoms with van der Waals surface area (Å²) in [5.41, 5.74) is 8.41. The number of hydrogen-bond acceptors (Lipinski definition) is 6. The summed E-state index contributed by atoms with van der Waals surface area (Å²) in [6.07, 6.45) is 4.52. The predicted octanol–water partition coefficient (Wildman–Crippen LogP) is 3.50. The molecule has 0 spiro atoms. The highest BCUT2D eigenvalue weighted by Crippen LogP contribution is 2.26. The number of halogens is 1. The normalized spacial score (nSPS) is 10.8. The molecule has 132 valence electrons. The molecule has 0 amide bonds. The summed E-state index contributed by atoms with van der Waals surface area (Å²) < 4.78 is 14.0. The van der Waals surface area contributed by atoms with Gasteiger partial charge in [0.2, 0.25) is 5.95 Å². The van der Waals surface area contributed by atoms with Crippen molar-refractivity contribution >= 4 is 17.2 Å². The van der Waals surface area contributed by atoms with Crippen molar-refractivity contribution in [3.63, 3.8) is 0 Å². The number of anilines is 2. The molecular formula is C19H19FN6. The summed E-state index contributed by atoms with van der Waals surface area (Å²) in [6, 6.07) is 8.38. The van der Waals surface area contributed by atoms with Gasteiger partial charge >= 0.3 is 0 Å². The minimum atomic E-state index is -0.570. The highest BCUT2D eigenvalue weighted by molar-refractivity contribution is 6.16. The van der Waals surface area contributed by atoms with Crippen LogP contribution >= 0.6 is 0 Å². The molecule has 7 heteroatoms. The van der Waals surface area contributed by atoms with Crippen molar-refractivity contribution in [3.8, 4) is 11.1 Å². The molecule has 0 unspecified atom stereocenters. The maximum atomic E-state index is 14.0. The molecule has 3 aromatic heterocycles. The van der Waals surface area contributed by atoms with Crippen LogP contribution in [-0.2, 0) is 0 Å². The van der Waals surface area contributed by atoms with Crippen molar-refractivity contribution in [2.24, 2.45) is 0 Å². The SMILES string of the molecule is CC(C)Nc1nccc(N)c1C(=N)c1cc(-c2cccnc2F)ccn1. The Morgan fingerprint density at radius 3 is 2.62 bits per heavy atom. The Labute approximate surface area is 150 Å². The van der Waals surface area contributed by atoms with Gasteiger partial charge in [0.15, 0.2) is 0 Å². The van der Waals surface area contributed by atoms with Crippen LogP contribution in [0.2, 0.25) is 0 Å². The molecule has 26 heavy (non-hydrogen) atoms. The first-order chi connectivity index (χ1) is 12.5. The summed E-state index contributed by atoms with van der Waals surface area (Å²) in [5.74, 6) is -0.0519. The van der Waals surface area contributed by atoms with Gasteiger partial charge in [-0.15, -0.1) is 0 Å². The lowest BCUT2D eigenvalue weighted by Gasteiger charge is -2.16. The van der Waals surface area contributed by atoms with Crippen molar-refractivity contribution < 1.29 is 4.39 Å². The summed E-state index contributed by atoms with van der Waals surface area (Å²) >= 11 is 0. The minimum Gasteiger partial charge on any atom is -0.398 e. The molecular weight excluding hydrogens is 331 g/mol. The van der Waals surface area contributed by atoms with Crippen molar-refractivity contribution in [1.82, 2.24) is 15.0 Å². The van der Waals surface area contributed by atoms with E-state index in [1.807, 2.05) is 13.8 Å². The fourth-order valence-electron chi connectivity index (χ4n) is 2.59. The largest absolute Gasteiger partial charge is 0.398 e. The van der Waals surface area contributed by atoms with Crippen LogP contribution < -0.4 is 11.1 Å². The van der Waals surface area contributed by atoms with E-state index in [9.17, 15) is 4.39 Å². The first-order valence-electron chi connectivity index (χ1n) is 8.14. The zero-order valence-corrected chi connectivity index (χ0v) is 14.5. The molecule has 3 rings (SSSR count). The van der Waals surface area contributed by atoms with E-state index in [0.717, 1.165) is 0 Å². The van der Waals surface area contributed by atoms with Gasteiger partial charge in [0.1, 0.15) is 5.82 Å². The predicted molar refractivity (Wildman–Crippen MR) is 101 cm³/mol. The second-order valence-electron chi connectivity index (χ2n) is 6.07. The van der Waals surface area contributed by atoms with E-state index in [1.54, 1.807) is 36.5 Å². The summed E-state index contributed by atoms with van der Waals surface area (Å²) in [6.45, 7) is 3.95. The van der Waals surface area contributed by atoms with Crippen LogP contribution in [0, 0.1) is 11.4 Å². The number of aromatic nitrogens is 3. The number of rotatable bonds is 5. The maximum Gasteiger partial charge on any atom is 0.220 e. The third-order valence-corrected chi connectivity index (χ3v) is 3.74. The maximum absolute atomic E-state index is 14.0. The van der Waals surface area contributed by atoms with Gasteiger partial charge in [0.25, 0.3) is 0 Å². The Morgan fingerprint density at radius 1 is 1.12 bits per heavy atom. The molecule has 0 aliphatic heterocycles. The summed E-state index contributed by atoms with van der Waals surface area (Å²) in [7, 11) is 0. The van der Waals surface area contributed by atoms with E-state index < -0.39 is 5.95 Å². The van der Waals surface area contributed by atoms with Crippen LogP contribution in [-0.4, -0.2) is 26.7 Å². The Balaban J connectivity index is 2.05. The van der Waals surface area contributed by atoms with Gasteiger partial charge in [0, 0.05) is 35.9 Å². The monoisotopic (exact) mass is 350 g/mol. The van der Waals surface area contributed by atoms with Crippen LogP contribution in [0.25, 0.3) is 11.1 Å². The molecule has 0 aliphatic rings. The molecule has 4 N–H and O–H groups in total. The molecule has 0 fully saturated rings. The number of pyridine rings is 3. The third kappa shape index (κ3) is 3.51.